The van der Waals surface area contributed by atoms with Gasteiger partial charge in [-0.3, -0.25) is 0 Å². The summed E-state index contributed by atoms with van der Waals surface area (Å²) in [7, 11) is -1.86. The molecule has 0 amide bonds. The third-order valence-electron chi connectivity index (χ3n) is 3.94. The van der Waals surface area contributed by atoms with Crippen molar-refractivity contribution in [2.24, 2.45) is 0 Å². The van der Waals surface area contributed by atoms with Crippen LogP contribution in [0.5, 0.6) is 0 Å². The van der Waals surface area contributed by atoms with Gasteiger partial charge < -0.3 is 10.0 Å². The van der Waals surface area contributed by atoms with Gasteiger partial charge in [-0.25, -0.2) is 22.6 Å². The van der Waals surface area contributed by atoms with E-state index in [4.69, 9.17) is 9.90 Å². The molecule has 1 aliphatic rings. The first-order chi connectivity index (χ1) is 13.4. The number of aliphatic carboxylic acids is 1. The molecule has 3 rings (SSSR count). The van der Waals surface area contributed by atoms with Gasteiger partial charge in [0.05, 0.1) is 4.90 Å². The molecule has 0 aliphatic carbocycles. The number of pyridine rings is 1. The molecule has 0 atom stereocenters. The van der Waals surface area contributed by atoms with Crippen LogP contribution in [0.1, 0.15) is 5.56 Å². The van der Waals surface area contributed by atoms with Gasteiger partial charge in [-0.05, 0) is 24.3 Å². The zero-order chi connectivity index (χ0) is 21.8. The Morgan fingerprint density at radius 2 is 1.83 bits per heavy atom. The number of sulfonamides is 1. The lowest BCUT2D eigenvalue weighted by atomic mass is 10.2. The summed E-state index contributed by atoms with van der Waals surface area (Å²) in [6.45, 7) is 1.08. The lowest BCUT2D eigenvalue weighted by Crippen LogP contribution is -2.34. The third kappa shape index (κ3) is 5.64. The van der Waals surface area contributed by atoms with Crippen LogP contribution in [0.2, 0.25) is 0 Å². The Kier molecular flexibility index (Phi) is 6.80. The fraction of sp³-hybridized carbons (Fsp3) is 0.294. The number of alkyl halides is 3. The van der Waals surface area contributed by atoms with E-state index in [1.54, 1.807) is 12.3 Å². The largest absolute Gasteiger partial charge is 0.490 e. The SMILES string of the molecule is CN1CCN(S(=O)(=O)c2cccc(F)c2)Cc2cccnc21.O=C(O)C(F)(F)F. The number of carboxylic acid groups (broad SMARTS) is 1. The molecule has 0 spiro atoms. The zero-order valence-corrected chi connectivity index (χ0v) is 15.9. The first kappa shape index (κ1) is 22.6. The fourth-order valence-electron chi connectivity index (χ4n) is 2.52. The molecule has 1 aliphatic heterocycles. The van der Waals surface area contributed by atoms with E-state index in [1.807, 2.05) is 18.0 Å². The summed E-state index contributed by atoms with van der Waals surface area (Å²) in [6, 6.07) is 8.74. The third-order valence-corrected chi connectivity index (χ3v) is 5.78. The van der Waals surface area contributed by atoms with Crippen molar-refractivity contribution in [1.82, 2.24) is 9.29 Å². The predicted octanol–water partition coefficient (Wildman–Crippen LogP) is 2.49. The standard InChI is InChI=1S/C15H16FN3O2S.C2HF3O2/c1-18-8-9-19(11-12-4-3-7-17-15(12)18)22(20,21)14-6-2-5-13(16)10-14;3-2(4,5)1(6)7/h2-7,10H,8-9,11H2,1H3;(H,6,7). The van der Waals surface area contributed by atoms with Gasteiger partial charge >= 0.3 is 12.1 Å². The lowest BCUT2D eigenvalue weighted by molar-refractivity contribution is -0.192. The fourth-order valence-corrected chi connectivity index (χ4v) is 3.96. The summed E-state index contributed by atoms with van der Waals surface area (Å²) in [6.07, 6.45) is -3.40. The molecular formula is C17H17F4N3O4S. The monoisotopic (exact) mass is 435 g/mol. The molecule has 0 radical (unpaired) electrons. The summed E-state index contributed by atoms with van der Waals surface area (Å²) in [5, 5.41) is 7.12. The number of benzene rings is 1. The van der Waals surface area contributed by atoms with Crippen molar-refractivity contribution in [2.45, 2.75) is 17.6 Å². The highest BCUT2D eigenvalue weighted by Crippen LogP contribution is 2.25. The Hall–Kier alpha value is -2.73. The average Bonchev–Trinajstić information content (AvgIpc) is 2.81. The quantitative estimate of drug-likeness (QED) is 0.729. The molecule has 1 aromatic carbocycles. The molecule has 0 unspecified atom stereocenters. The summed E-state index contributed by atoms with van der Waals surface area (Å²) in [4.78, 5) is 15.1. The van der Waals surface area contributed by atoms with E-state index in [0.717, 1.165) is 17.4 Å². The van der Waals surface area contributed by atoms with Crippen LogP contribution in [0, 0.1) is 5.82 Å². The molecule has 2 aromatic rings. The number of likely N-dealkylation sites (N-methyl/N-ethyl adjacent to an activating group) is 1. The zero-order valence-electron chi connectivity index (χ0n) is 15.1. The number of carbonyl (C=O) groups is 1. The molecule has 12 heteroatoms. The summed E-state index contributed by atoms with van der Waals surface area (Å²) in [5.74, 6) is -2.54. The summed E-state index contributed by atoms with van der Waals surface area (Å²) >= 11 is 0. The Morgan fingerprint density at radius 1 is 1.17 bits per heavy atom. The number of rotatable bonds is 2. The number of carboxylic acids is 1. The van der Waals surface area contributed by atoms with Crippen LogP contribution in [0.25, 0.3) is 0 Å². The summed E-state index contributed by atoms with van der Waals surface area (Å²) in [5.41, 5.74) is 0.836. The van der Waals surface area contributed by atoms with E-state index < -0.39 is 28.0 Å². The maximum atomic E-state index is 13.3. The molecule has 0 saturated carbocycles. The summed E-state index contributed by atoms with van der Waals surface area (Å²) < 4.78 is 71.9. The highest BCUT2D eigenvalue weighted by molar-refractivity contribution is 7.89. The second-order valence-electron chi connectivity index (χ2n) is 6.01. The maximum absolute atomic E-state index is 13.3. The van der Waals surface area contributed by atoms with Crippen molar-refractivity contribution in [2.75, 3.05) is 25.0 Å². The van der Waals surface area contributed by atoms with Crippen molar-refractivity contribution >= 4 is 21.8 Å². The second kappa shape index (κ2) is 8.74. The van der Waals surface area contributed by atoms with Crippen LogP contribution >= 0.6 is 0 Å². The van der Waals surface area contributed by atoms with Crippen molar-refractivity contribution in [3.63, 3.8) is 0 Å². The van der Waals surface area contributed by atoms with Crippen LogP contribution < -0.4 is 4.90 Å². The first-order valence-corrected chi connectivity index (χ1v) is 9.58. The molecule has 1 aromatic heterocycles. The molecule has 2 heterocycles. The van der Waals surface area contributed by atoms with Crippen LogP contribution in [-0.2, 0) is 21.4 Å². The average molecular weight is 435 g/mol. The van der Waals surface area contributed by atoms with E-state index in [2.05, 4.69) is 4.98 Å². The molecule has 1 N–H and O–H groups in total. The number of hydrogen-bond donors (Lipinski definition) is 1. The topological polar surface area (TPSA) is 90.8 Å². The number of nitrogens with zero attached hydrogens (tertiary/aromatic N) is 3. The Morgan fingerprint density at radius 3 is 2.41 bits per heavy atom. The van der Waals surface area contributed by atoms with E-state index >= 15 is 0 Å². The number of aromatic nitrogens is 1. The van der Waals surface area contributed by atoms with E-state index in [-0.39, 0.29) is 11.4 Å². The van der Waals surface area contributed by atoms with Crippen molar-refractivity contribution in [1.29, 1.82) is 0 Å². The van der Waals surface area contributed by atoms with Crippen molar-refractivity contribution in [3.8, 4) is 0 Å². The van der Waals surface area contributed by atoms with Gasteiger partial charge in [-0.1, -0.05) is 12.1 Å². The smallest absolute Gasteiger partial charge is 0.475 e. The molecule has 29 heavy (non-hydrogen) atoms. The molecular weight excluding hydrogens is 418 g/mol. The van der Waals surface area contributed by atoms with Gasteiger partial charge in [0.25, 0.3) is 0 Å². The van der Waals surface area contributed by atoms with Gasteiger partial charge in [0.1, 0.15) is 11.6 Å². The highest BCUT2D eigenvalue weighted by atomic mass is 32.2. The number of hydrogen-bond acceptors (Lipinski definition) is 5. The van der Waals surface area contributed by atoms with Crippen molar-refractivity contribution in [3.05, 3.63) is 54.0 Å². The Labute approximate surface area is 164 Å². The van der Waals surface area contributed by atoms with Crippen molar-refractivity contribution < 1.29 is 35.9 Å². The van der Waals surface area contributed by atoms with Crippen LogP contribution in [0.15, 0.2) is 47.5 Å². The number of halogens is 4. The second-order valence-corrected chi connectivity index (χ2v) is 7.94. The molecule has 0 bridgehead atoms. The molecule has 0 saturated heterocycles. The number of fused-ring (bicyclic) bond motifs is 1. The predicted molar refractivity (Wildman–Crippen MR) is 95.2 cm³/mol. The van der Waals surface area contributed by atoms with Crippen LogP contribution in [0.4, 0.5) is 23.4 Å². The molecule has 0 fully saturated rings. The normalized spacial score (nSPS) is 15.0. The van der Waals surface area contributed by atoms with Crippen LogP contribution in [-0.4, -0.2) is 55.1 Å². The van der Waals surface area contributed by atoms with Gasteiger partial charge in [0, 0.05) is 38.4 Å². The first-order valence-electron chi connectivity index (χ1n) is 8.14. The molecule has 7 nitrogen and oxygen atoms in total. The van der Waals surface area contributed by atoms with Gasteiger partial charge in [0.2, 0.25) is 10.0 Å². The van der Waals surface area contributed by atoms with Gasteiger partial charge in [-0.15, -0.1) is 0 Å². The number of anilines is 1. The van der Waals surface area contributed by atoms with Gasteiger partial charge in [-0.2, -0.15) is 17.5 Å². The van der Waals surface area contributed by atoms with E-state index in [0.29, 0.717) is 13.1 Å². The van der Waals surface area contributed by atoms with E-state index in [9.17, 15) is 26.0 Å². The molecule has 158 valence electrons. The maximum Gasteiger partial charge on any atom is 0.490 e. The van der Waals surface area contributed by atoms with Gasteiger partial charge in [0.15, 0.2) is 0 Å². The minimum Gasteiger partial charge on any atom is -0.475 e. The minimum absolute atomic E-state index is 0.0255. The highest BCUT2D eigenvalue weighted by Gasteiger charge is 2.38. The Balaban J connectivity index is 0.000000370. The van der Waals surface area contributed by atoms with E-state index in [1.165, 1.54) is 22.5 Å². The Bertz CT molecular complexity index is 983. The lowest BCUT2D eigenvalue weighted by Gasteiger charge is -2.20. The van der Waals surface area contributed by atoms with Crippen LogP contribution in [0.3, 0.4) is 0 Å². The minimum atomic E-state index is -5.08.